The van der Waals surface area contributed by atoms with Gasteiger partial charge in [0, 0.05) is 17.3 Å². The molecule has 0 bridgehead atoms. The van der Waals surface area contributed by atoms with Crippen LogP contribution < -0.4 is 5.73 Å². The summed E-state index contributed by atoms with van der Waals surface area (Å²) >= 11 is 0.997. The zero-order chi connectivity index (χ0) is 7.40. The highest BCUT2D eigenvalue weighted by Gasteiger charge is 1.95. The molecular weight excluding hydrogens is 148 g/mol. The third-order valence-corrected chi connectivity index (χ3v) is 1.58. The van der Waals surface area contributed by atoms with Gasteiger partial charge in [0.05, 0.1) is 0 Å². The lowest BCUT2D eigenvalue weighted by Gasteiger charge is -1.92. The molecule has 0 fully saturated rings. The number of thioether (sulfide) groups is 1. The van der Waals surface area contributed by atoms with Crippen LogP contribution in [-0.2, 0) is 0 Å². The van der Waals surface area contributed by atoms with Gasteiger partial charge in [-0.25, -0.2) is 0 Å². The molecule has 3 nitrogen and oxygen atoms in total. The van der Waals surface area contributed by atoms with Crippen LogP contribution in [-0.4, -0.2) is 10.2 Å². The Kier molecular flexibility index (Phi) is 2.28. The van der Waals surface area contributed by atoms with Gasteiger partial charge in [0.25, 0.3) is 5.24 Å². The molecule has 1 amide bonds. The van der Waals surface area contributed by atoms with E-state index in [-0.39, 0.29) is 0 Å². The molecule has 0 unspecified atom stereocenters. The van der Waals surface area contributed by atoms with Gasteiger partial charge in [0.15, 0.2) is 0 Å². The van der Waals surface area contributed by atoms with Crippen LogP contribution in [0.25, 0.3) is 0 Å². The summed E-state index contributed by atoms with van der Waals surface area (Å²) in [5.41, 5.74) is 4.93. The molecule has 0 aliphatic carbocycles. The van der Waals surface area contributed by atoms with E-state index in [4.69, 9.17) is 5.73 Å². The predicted molar refractivity (Wildman–Crippen MR) is 39.7 cm³/mol. The Hall–Kier alpha value is -1.03. The van der Waals surface area contributed by atoms with Crippen molar-refractivity contribution in [3.8, 4) is 0 Å². The van der Waals surface area contributed by atoms with E-state index >= 15 is 0 Å². The van der Waals surface area contributed by atoms with E-state index in [0.29, 0.717) is 0 Å². The van der Waals surface area contributed by atoms with Gasteiger partial charge in [-0.3, -0.25) is 9.78 Å². The smallest absolute Gasteiger partial charge is 0.281 e. The Morgan fingerprint density at radius 1 is 1.50 bits per heavy atom. The van der Waals surface area contributed by atoms with E-state index in [1.54, 1.807) is 24.5 Å². The molecule has 2 N–H and O–H groups in total. The molecule has 0 saturated heterocycles. The van der Waals surface area contributed by atoms with Crippen molar-refractivity contribution in [1.29, 1.82) is 0 Å². The minimum absolute atomic E-state index is 0.397. The molecule has 0 atom stereocenters. The number of carbonyl (C=O) groups excluding carboxylic acids is 1. The van der Waals surface area contributed by atoms with Gasteiger partial charge >= 0.3 is 0 Å². The normalized spacial score (nSPS) is 9.20. The van der Waals surface area contributed by atoms with Crippen molar-refractivity contribution in [2.75, 3.05) is 0 Å². The summed E-state index contributed by atoms with van der Waals surface area (Å²) in [7, 11) is 0. The molecule has 1 aromatic rings. The Labute approximate surface area is 62.6 Å². The van der Waals surface area contributed by atoms with Crippen molar-refractivity contribution in [3.05, 3.63) is 24.5 Å². The van der Waals surface area contributed by atoms with Crippen molar-refractivity contribution in [3.63, 3.8) is 0 Å². The Bertz CT molecular complexity index is 224. The second kappa shape index (κ2) is 3.22. The summed E-state index contributed by atoms with van der Waals surface area (Å²) in [5, 5.41) is -0.397. The fraction of sp³-hybridized carbons (Fsp3) is 0. The topological polar surface area (TPSA) is 56.0 Å². The van der Waals surface area contributed by atoms with Crippen molar-refractivity contribution < 1.29 is 4.79 Å². The zero-order valence-electron chi connectivity index (χ0n) is 5.15. The maximum Gasteiger partial charge on any atom is 0.281 e. The van der Waals surface area contributed by atoms with Gasteiger partial charge in [-0.2, -0.15) is 0 Å². The molecule has 0 spiro atoms. The van der Waals surface area contributed by atoms with E-state index in [1.165, 1.54) is 0 Å². The number of pyridine rings is 1. The van der Waals surface area contributed by atoms with E-state index in [9.17, 15) is 4.79 Å². The maximum absolute atomic E-state index is 10.3. The number of hydrogen-bond acceptors (Lipinski definition) is 3. The standard InChI is InChI=1S/C6H6N2OS/c7-6(9)10-5-1-3-8-4-2-5/h1-4H,(H2,7,9). The minimum Gasteiger partial charge on any atom is -0.360 e. The van der Waals surface area contributed by atoms with E-state index in [2.05, 4.69) is 4.98 Å². The van der Waals surface area contributed by atoms with Crippen molar-refractivity contribution in [2.24, 2.45) is 5.73 Å². The van der Waals surface area contributed by atoms with Crippen LogP contribution in [0.3, 0.4) is 0 Å². The van der Waals surface area contributed by atoms with Crippen LogP contribution in [0, 0.1) is 0 Å². The minimum atomic E-state index is -0.397. The lowest BCUT2D eigenvalue weighted by Crippen LogP contribution is -2.01. The molecule has 1 rings (SSSR count). The highest BCUT2D eigenvalue weighted by Crippen LogP contribution is 2.14. The fourth-order valence-electron chi connectivity index (χ4n) is 0.522. The maximum atomic E-state index is 10.3. The third kappa shape index (κ3) is 2.06. The monoisotopic (exact) mass is 154 g/mol. The number of primary amides is 1. The van der Waals surface area contributed by atoms with Crippen molar-refractivity contribution in [1.82, 2.24) is 4.98 Å². The number of carbonyl (C=O) groups is 1. The first-order valence-electron chi connectivity index (χ1n) is 2.66. The summed E-state index contributed by atoms with van der Waals surface area (Å²) in [6, 6.07) is 3.46. The van der Waals surface area contributed by atoms with Gasteiger partial charge < -0.3 is 5.73 Å². The lowest BCUT2D eigenvalue weighted by atomic mass is 10.5. The molecule has 4 heteroatoms. The van der Waals surface area contributed by atoms with Gasteiger partial charge in [-0.15, -0.1) is 0 Å². The molecular formula is C6H6N2OS. The first kappa shape index (κ1) is 7.08. The van der Waals surface area contributed by atoms with Crippen LogP contribution in [0.1, 0.15) is 0 Å². The third-order valence-electron chi connectivity index (χ3n) is 0.868. The SMILES string of the molecule is NC(=O)Sc1ccncc1. The Morgan fingerprint density at radius 3 is 2.60 bits per heavy atom. The van der Waals surface area contributed by atoms with Crippen LogP contribution in [0.5, 0.6) is 0 Å². The van der Waals surface area contributed by atoms with E-state index < -0.39 is 5.24 Å². The number of rotatable bonds is 1. The number of amides is 1. The second-order valence-corrected chi connectivity index (χ2v) is 2.68. The molecule has 0 aromatic carbocycles. The van der Waals surface area contributed by atoms with Gasteiger partial charge in [0.2, 0.25) is 0 Å². The van der Waals surface area contributed by atoms with Crippen molar-refractivity contribution in [2.45, 2.75) is 4.90 Å². The quantitative estimate of drug-likeness (QED) is 0.619. The summed E-state index contributed by atoms with van der Waals surface area (Å²) in [6.07, 6.45) is 3.23. The van der Waals surface area contributed by atoms with Gasteiger partial charge in [-0.1, -0.05) is 0 Å². The van der Waals surface area contributed by atoms with Gasteiger partial charge in [0.1, 0.15) is 0 Å². The number of nitrogens with zero attached hydrogens (tertiary/aromatic N) is 1. The predicted octanol–water partition coefficient (Wildman–Crippen LogP) is 1.25. The first-order valence-corrected chi connectivity index (χ1v) is 3.48. The highest BCUT2D eigenvalue weighted by atomic mass is 32.2. The van der Waals surface area contributed by atoms with Gasteiger partial charge in [-0.05, 0) is 23.9 Å². The highest BCUT2D eigenvalue weighted by molar-refractivity contribution is 8.13. The molecule has 0 aliphatic rings. The molecule has 0 aliphatic heterocycles. The molecule has 1 aromatic heterocycles. The summed E-state index contributed by atoms with van der Waals surface area (Å²) in [6.45, 7) is 0. The van der Waals surface area contributed by atoms with E-state index in [1.807, 2.05) is 0 Å². The molecule has 52 valence electrons. The van der Waals surface area contributed by atoms with Crippen LogP contribution in [0.2, 0.25) is 0 Å². The fourth-order valence-corrected chi connectivity index (χ4v) is 1.01. The summed E-state index contributed by atoms with van der Waals surface area (Å²) in [4.78, 5) is 14.9. The molecule has 0 saturated carbocycles. The first-order chi connectivity index (χ1) is 4.79. The van der Waals surface area contributed by atoms with Crippen LogP contribution >= 0.6 is 11.8 Å². The number of hydrogen-bond donors (Lipinski definition) is 1. The average molecular weight is 154 g/mol. The average Bonchev–Trinajstić information content (AvgIpc) is 1.88. The summed E-state index contributed by atoms with van der Waals surface area (Å²) < 4.78 is 0. The molecule has 0 radical (unpaired) electrons. The Balaban J connectivity index is 2.67. The van der Waals surface area contributed by atoms with Crippen LogP contribution in [0.15, 0.2) is 29.4 Å². The largest absolute Gasteiger partial charge is 0.360 e. The van der Waals surface area contributed by atoms with Crippen molar-refractivity contribution >= 4 is 17.0 Å². The zero-order valence-corrected chi connectivity index (χ0v) is 5.97. The number of aromatic nitrogens is 1. The Morgan fingerprint density at radius 2 is 2.10 bits per heavy atom. The molecule has 1 heterocycles. The summed E-state index contributed by atoms with van der Waals surface area (Å²) in [5.74, 6) is 0. The van der Waals surface area contributed by atoms with E-state index in [0.717, 1.165) is 16.7 Å². The number of nitrogens with two attached hydrogens (primary N) is 1. The second-order valence-electron chi connectivity index (χ2n) is 1.60. The van der Waals surface area contributed by atoms with Crippen LogP contribution in [0.4, 0.5) is 4.79 Å². The molecule has 10 heavy (non-hydrogen) atoms. The lowest BCUT2D eigenvalue weighted by molar-refractivity contribution is 0.267.